The molecule has 1 amide bonds. The number of nitrogens with one attached hydrogen (secondary N) is 1. The van der Waals surface area contributed by atoms with E-state index in [9.17, 15) is 4.79 Å². The Hall–Kier alpha value is -2.95. The Morgan fingerprint density at radius 1 is 1.17 bits per heavy atom. The number of pyridine rings is 1. The number of amides is 1. The number of imidazole rings is 1. The number of carbonyl (C=O) groups is 1. The van der Waals surface area contributed by atoms with Gasteiger partial charge < -0.3 is 0 Å². The lowest BCUT2D eigenvalue weighted by Crippen LogP contribution is -2.22. The third-order valence-corrected chi connectivity index (χ3v) is 3.65. The fourth-order valence-electron chi connectivity index (χ4n) is 2.54. The first kappa shape index (κ1) is 15.0. The summed E-state index contributed by atoms with van der Waals surface area (Å²) in [7, 11) is 0. The first-order valence-corrected chi connectivity index (χ1v) is 7.56. The molecular formula is C18H18N4O. The predicted molar refractivity (Wildman–Crippen MR) is 90.7 cm³/mol. The van der Waals surface area contributed by atoms with E-state index in [1.54, 1.807) is 4.40 Å². The molecule has 5 heteroatoms. The second-order valence-corrected chi connectivity index (χ2v) is 5.19. The van der Waals surface area contributed by atoms with Gasteiger partial charge in [-0.05, 0) is 31.0 Å². The fraction of sp³-hybridized carbons (Fsp3) is 0.167. The first-order chi connectivity index (χ1) is 11.2. The zero-order chi connectivity index (χ0) is 16.2. The van der Waals surface area contributed by atoms with Gasteiger partial charge in [0.25, 0.3) is 5.91 Å². The molecule has 0 saturated carbocycles. The summed E-state index contributed by atoms with van der Waals surface area (Å²) in [6.45, 7) is 3.83. The van der Waals surface area contributed by atoms with Crippen LogP contribution in [0.5, 0.6) is 0 Å². The summed E-state index contributed by atoms with van der Waals surface area (Å²) in [5, 5.41) is 4.29. The molecule has 0 aliphatic rings. The Labute approximate surface area is 134 Å². The Balaban J connectivity index is 1.89. The van der Waals surface area contributed by atoms with E-state index in [-0.39, 0.29) is 5.91 Å². The van der Waals surface area contributed by atoms with Crippen molar-refractivity contribution in [2.45, 2.75) is 20.3 Å². The zero-order valence-corrected chi connectivity index (χ0v) is 13.2. The third kappa shape index (κ3) is 2.99. The topological polar surface area (TPSA) is 58.8 Å². The molecule has 0 radical (unpaired) electrons. The van der Waals surface area contributed by atoms with Gasteiger partial charge in [0.1, 0.15) is 11.3 Å². The molecule has 1 N–H and O–H groups in total. The van der Waals surface area contributed by atoms with Gasteiger partial charge in [-0.3, -0.25) is 9.20 Å². The Morgan fingerprint density at radius 2 is 1.91 bits per heavy atom. The third-order valence-electron chi connectivity index (χ3n) is 3.65. The number of fused-ring (bicyclic) bond motifs is 1. The molecule has 0 spiro atoms. The smallest absolute Gasteiger partial charge is 0.290 e. The van der Waals surface area contributed by atoms with E-state index >= 15 is 0 Å². The number of aryl methyl sites for hydroxylation is 1. The van der Waals surface area contributed by atoms with E-state index in [2.05, 4.69) is 15.5 Å². The van der Waals surface area contributed by atoms with Gasteiger partial charge in [-0.2, -0.15) is 5.10 Å². The number of benzene rings is 1. The van der Waals surface area contributed by atoms with Gasteiger partial charge in [0.2, 0.25) is 0 Å². The quantitative estimate of drug-likeness (QED) is 0.594. The van der Waals surface area contributed by atoms with Crippen LogP contribution in [0.15, 0.2) is 59.8 Å². The molecule has 116 valence electrons. The van der Waals surface area contributed by atoms with Crippen LogP contribution in [0, 0.1) is 6.92 Å². The molecule has 3 rings (SSSR count). The van der Waals surface area contributed by atoms with Crippen LogP contribution >= 0.6 is 0 Å². The van der Waals surface area contributed by atoms with Gasteiger partial charge in [0.05, 0.1) is 11.4 Å². The normalized spacial score (nSPS) is 11.7. The molecule has 3 aromatic rings. The zero-order valence-electron chi connectivity index (χ0n) is 13.2. The van der Waals surface area contributed by atoms with Crippen molar-refractivity contribution in [2.24, 2.45) is 5.10 Å². The highest BCUT2D eigenvalue weighted by molar-refractivity contribution is 6.02. The van der Waals surface area contributed by atoms with Crippen molar-refractivity contribution < 1.29 is 4.79 Å². The second kappa shape index (κ2) is 6.44. The highest BCUT2D eigenvalue weighted by Gasteiger charge is 2.16. The standard InChI is InChI=1S/C18H18N4O/c1-3-15(14-9-5-4-6-10-14)20-21-18(23)17-13(2)19-16-11-7-8-12-22(16)17/h4-12H,3H2,1-2H3,(H,21,23)/b20-15+. The molecule has 2 heterocycles. The minimum Gasteiger partial charge on any atom is -0.295 e. The number of aromatic nitrogens is 2. The van der Waals surface area contributed by atoms with Crippen LogP contribution < -0.4 is 5.43 Å². The second-order valence-electron chi connectivity index (χ2n) is 5.19. The minimum atomic E-state index is -0.261. The maximum absolute atomic E-state index is 12.5. The fourth-order valence-corrected chi connectivity index (χ4v) is 2.54. The van der Waals surface area contributed by atoms with E-state index in [0.717, 1.165) is 23.3 Å². The highest BCUT2D eigenvalue weighted by atomic mass is 16.2. The minimum absolute atomic E-state index is 0.261. The summed E-state index contributed by atoms with van der Waals surface area (Å²) in [6, 6.07) is 15.5. The number of nitrogens with zero attached hydrogens (tertiary/aromatic N) is 3. The van der Waals surface area contributed by atoms with Crippen molar-refractivity contribution in [3.63, 3.8) is 0 Å². The molecule has 1 aromatic carbocycles. The van der Waals surface area contributed by atoms with Crippen molar-refractivity contribution in [1.29, 1.82) is 0 Å². The maximum atomic E-state index is 12.5. The highest BCUT2D eigenvalue weighted by Crippen LogP contribution is 2.11. The van der Waals surface area contributed by atoms with E-state index in [4.69, 9.17) is 0 Å². The van der Waals surface area contributed by atoms with E-state index in [0.29, 0.717) is 11.4 Å². The molecule has 0 saturated heterocycles. The summed E-state index contributed by atoms with van der Waals surface area (Å²) in [4.78, 5) is 16.9. The Kier molecular flexibility index (Phi) is 4.19. The number of hydrogen-bond donors (Lipinski definition) is 1. The van der Waals surface area contributed by atoms with Crippen molar-refractivity contribution in [3.05, 3.63) is 71.7 Å². The number of hydrogen-bond acceptors (Lipinski definition) is 3. The van der Waals surface area contributed by atoms with Crippen LogP contribution in [-0.2, 0) is 0 Å². The average molecular weight is 306 g/mol. The molecule has 0 bridgehead atoms. The van der Waals surface area contributed by atoms with Crippen LogP contribution in [-0.4, -0.2) is 21.0 Å². The summed E-state index contributed by atoms with van der Waals surface area (Å²) < 4.78 is 1.77. The van der Waals surface area contributed by atoms with Crippen LogP contribution in [0.4, 0.5) is 0 Å². The van der Waals surface area contributed by atoms with Gasteiger partial charge in [0.15, 0.2) is 0 Å². The Morgan fingerprint density at radius 3 is 2.65 bits per heavy atom. The number of hydrazone groups is 1. The monoisotopic (exact) mass is 306 g/mol. The van der Waals surface area contributed by atoms with Crippen molar-refractivity contribution in [2.75, 3.05) is 0 Å². The first-order valence-electron chi connectivity index (χ1n) is 7.56. The number of carbonyl (C=O) groups excluding carboxylic acids is 1. The summed E-state index contributed by atoms with van der Waals surface area (Å²) >= 11 is 0. The van der Waals surface area contributed by atoms with Crippen molar-refractivity contribution in [3.8, 4) is 0 Å². The van der Waals surface area contributed by atoms with Gasteiger partial charge in [-0.25, -0.2) is 10.4 Å². The van der Waals surface area contributed by atoms with Crippen molar-refractivity contribution in [1.82, 2.24) is 14.8 Å². The SMILES string of the molecule is CC/C(=N\NC(=O)c1c(C)nc2ccccn12)c1ccccc1. The summed E-state index contributed by atoms with van der Waals surface area (Å²) in [5.74, 6) is -0.261. The van der Waals surface area contributed by atoms with E-state index in [1.165, 1.54) is 0 Å². The molecule has 0 unspecified atom stereocenters. The molecule has 5 nitrogen and oxygen atoms in total. The molecule has 2 aromatic heterocycles. The lowest BCUT2D eigenvalue weighted by molar-refractivity contribution is 0.0948. The van der Waals surface area contributed by atoms with Crippen LogP contribution in [0.3, 0.4) is 0 Å². The van der Waals surface area contributed by atoms with Gasteiger partial charge in [-0.1, -0.05) is 43.3 Å². The Bertz CT molecular complexity index is 865. The molecule has 0 aliphatic heterocycles. The van der Waals surface area contributed by atoms with E-state index < -0.39 is 0 Å². The van der Waals surface area contributed by atoms with Crippen LogP contribution in [0.25, 0.3) is 5.65 Å². The lowest BCUT2D eigenvalue weighted by Gasteiger charge is -2.05. The maximum Gasteiger partial charge on any atom is 0.290 e. The summed E-state index contributed by atoms with van der Waals surface area (Å²) in [5.41, 5.74) is 6.44. The largest absolute Gasteiger partial charge is 0.295 e. The molecule has 0 fully saturated rings. The average Bonchev–Trinajstić information content (AvgIpc) is 2.92. The van der Waals surface area contributed by atoms with E-state index in [1.807, 2.05) is 68.6 Å². The van der Waals surface area contributed by atoms with Crippen LogP contribution in [0.2, 0.25) is 0 Å². The van der Waals surface area contributed by atoms with Crippen molar-refractivity contribution >= 4 is 17.3 Å². The molecule has 23 heavy (non-hydrogen) atoms. The van der Waals surface area contributed by atoms with Gasteiger partial charge >= 0.3 is 0 Å². The van der Waals surface area contributed by atoms with Crippen LogP contribution in [0.1, 0.15) is 35.1 Å². The summed E-state index contributed by atoms with van der Waals surface area (Å²) in [6.07, 6.45) is 2.56. The van der Waals surface area contributed by atoms with Gasteiger partial charge in [0, 0.05) is 6.20 Å². The number of rotatable bonds is 4. The lowest BCUT2D eigenvalue weighted by atomic mass is 10.1. The molecular weight excluding hydrogens is 288 g/mol. The van der Waals surface area contributed by atoms with Gasteiger partial charge in [-0.15, -0.1) is 0 Å². The molecule has 0 atom stereocenters. The molecule has 0 aliphatic carbocycles. The predicted octanol–water partition coefficient (Wildman–Crippen LogP) is 3.19.